The van der Waals surface area contributed by atoms with Crippen LogP contribution in [0.1, 0.15) is 45.4 Å². The molecule has 1 aliphatic rings. The van der Waals surface area contributed by atoms with Gasteiger partial charge >= 0.3 is 11.9 Å². The Morgan fingerprint density at radius 3 is 2.42 bits per heavy atom. The number of methoxy groups -OCH3 is 1. The van der Waals surface area contributed by atoms with Crippen LogP contribution in [-0.4, -0.2) is 24.8 Å². The van der Waals surface area contributed by atoms with Crippen molar-refractivity contribution < 1.29 is 23.9 Å². The van der Waals surface area contributed by atoms with Gasteiger partial charge in [0.15, 0.2) is 5.78 Å². The molecule has 0 spiro atoms. The molecule has 0 N–H and O–H groups in total. The van der Waals surface area contributed by atoms with Gasteiger partial charge in [-0.25, -0.2) is 0 Å². The number of ketones is 1. The number of unbranched alkanes of at least 4 members (excludes halogenated alkanes) is 1. The second-order valence-electron chi connectivity index (χ2n) is 4.85. The van der Waals surface area contributed by atoms with Crippen molar-refractivity contribution in [3.8, 4) is 0 Å². The monoisotopic (exact) mass is 268 g/mol. The standard InChI is InChI=1S/C14H20O5/c1-10-7-11(15)9-12(8-10)19-14(17)6-4-3-5-13(16)18-2/h9-10H,3-8H2,1-2H3. The van der Waals surface area contributed by atoms with Crippen LogP contribution in [0.2, 0.25) is 0 Å². The lowest BCUT2D eigenvalue weighted by Gasteiger charge is -2.17. The van der Waals surface area contributed by atoms with Crippen LogP contribution in [0.5, 0.6) is 0 Å². The van der Waals surface area contributed by atoms with Gasteiger partial charge in [0.05, 0.1) is 7.11 Å². The van der Waals surface area contributed by atoms with Gasteiger partial charge in [0.25, 0.3) is 0 Å². The Labute approximate surface area is 112 Å². The number of carbonyl (C=O) groups excluding carboxylic acids is 3. The zero-order valence-electron chi connectivity index (χ0n) is 11.4. The maximum atomic E-state index is 11.5. The summed E-state index contributed by atoms with van der Waals surface area (Å²) in [6.45, 7) is 1.95. The van der Waals surface area contributed by atoms with E-state index in [2.05, 4.69) is 4.74 Å². The minimum Gasteiger partial charge on any atom is -0.469 e. The largest absolute Gasteiger partial charge is 0.469 e. The van der Waals surface area contributed by atoms with Gasteiger partial charge in [0.1, 0.15) is 5.76 Å². The molecular formula is C14H20O5. The Balaban J connectivity index is 2.24. The molecule has 19 heavy (non-hydrogen) atoms. The van der Waals surface area contributed by atoms with Gasteiger partial charge in [0, 0.05) is 31.8 Å². The molecule has 0 saturated carbocycles. The van der Waals surface area contributed by atoms with E-state index in [1.807, 2.05) is 6.92 Å². The number of allylic oxidation sites excluding steroid dienone is 2. The highest BCUT2D eigenvalue weighted by Crippen LogP contribution is 2.22. The van der Waals surface area contributed by atoms with Crippen molar-refractivity contribution in [1.29, 1.82) is 0 Å². The third-order valence-corrected chi connectivity index (χ3v) is 2.91. The Kier molecular flexibility index (Phi) is 6.25. The summed E-state index contributed by atoms with van der Waals surface area (Å²) in [7, 11) is 1.34. The van der Waals surface area contributed by atoms with Crippen molar-refractivity contribution in [2.24, 2.45) is 5.92 Å². The van der Waals surface area contributed by atoms with Crippen molar-refractivity contribution in [2.75, 3.05) is 7.11 Å². The Morgan fingerprint density at radius 2 is 1.84 bits per heavy atom. The number of ether oxygens (including phenoxy) is 2. The van der Waals surface area contributed by atoms with Crippen LogP contribution in [-0.2, 0) is 23.9 Å². The summed E-state index contributed by atoms with van der Waals surface area (Å²) in [4.78, 5) is 33.7. The fraction of sp³-hybridized carbons (Fsp3) is 0.643. The summed E-state index contributed by atoms with van der Waals surface area (Å²) in [6.07, 6.45) is 4.27. The van der Waals surface area contributed by atoms with Crippen LogP contribution < -0.4 is 0 Å². The molecule has 0 aromatic rings. The Morgan fingerprint density at radius 1 is 1.21 bits per heavy atom. The van der Waals surface area contributed by atoms with Crippen molar-refractivity contribution in [1.82, 2.24) is 0 Å². The molecule has 5 nitrogen and oxygen atoms in total. The molecule has 106 valence electrons. The van der Waals surface area contributed by atoms with Crippen LogP contribution in [0.25, 0.3) is 0 Å². The van der Waals surface area contributed by atoms with Gasteiger partial charge in [-0.15, -0.1) is 0 Å². The van der Waals surface area contributed by atoms with E-state index in [0.29, 0.717) is 37.9 Å². The van der Waals surface area contributed by atoms with Gasteiger partial charge in [-0.05, 0) is 18.8 Å². The quantitative estimate of drug-likeness (QED) is 0.545. The molecule has 5 heteroatoms. The van der Waals surface area contributed by atoms with Crippen LogP contribution in [0.3, 0.4) is 0 Å². The fourth-order valence-corrected chi connectivity index (χ4v) is 1.97. The molecule has 0 fully saturated rings. The first-order chi connectivity index (χ1) is 9.01. The van der Waals surface area contributed by atoms with E-state index in [9.17, 15) is 14.4 Å². The summed E-state index contributed by atoms with van der Waals surface area (Å²) >= 11 is 0. The van der Waals surface area contributed by atoms with E-state index >= 15 is 0 Å². The summed E-state index contributed by atoms with van der Waals surface area (Å²) in [5, 5.41) is 0. The van der Waals surface area contributed by atoms with E-state index < -0.39 is 0 Å². The van der Waals surface area contributed by atoms with Crippen LogP contribution in [0.4, 0.5) is 0 Å². The van der Waals surface area contributed by atoms with Crippen LogP contribution >= 0.6 is 0 Å². The van der Waals surface area contributed by atoms with Crippen molar-refractivity contribution >= 4 is 17.7 Å². The third kappa shape index (κ3) is 6.18. The highest BCUT2D eigenvalue weighted by molar-refractivity contribution is 5.91. The average molecular weight is 268 g/mol. The van der Waals surface area contributed by atoms with Crippen molar-refractivity contribution in [3.05, 3.63) is 11.8 Å². The molecule has 0 radical (unpaired) electrons. The normalized spacial score (nSPS) is 18.7. The summed E-state index contributed by atoms with van der Waals surface area (Å²) in [6, 6.07) is 0. The first-order valence-corrected chi connectivity index (χ1v) is 6.52. The molecule has 0 amide bonds. The number of rotatable bonds is 6. The van der Waals surface area contributed by atoms with Crippen LogP contribution in [0, 0.1) is 5.92 Å². The first kappa shape index (κ1) is 15.4. The Bertz CT molecular complexity index is 383. The van der Waals surface area contributed by atoms with Gasteiger partial charge in [0.2, 0.25) is 0 Å². The molecular weight excluding hydrogens is 248 g/mol. The van der Waals surface area contributed by atoms with E-state index in [-0.39, 0.29) is 30.1 Å². The maximum absolute atomic E-state index is 11.5. The lowest BCUT2D eigenvalue weighted by atomic mass is 9.94. The zero-order valence-corrected chi connectivity index (χ0v) is 11.4. The highest BCUT2D eigenvalue weighted by atomic mass is 16.5. The van der Waals surface area contributed by atoms with Gasteiger partial charge in [-0.3, -0.25) is 14.4 Å². The predicted octanol–water partition coefficient (Wildman–Crippen LogP) is 2.15. The number of carbonyl (C=O) groups is 3. The highest BCUT2D eigenvalue weighted by Gasteiger charge is 2.19. The molecule has 0 aromatic carbocycles. The van der Waals surface area contributed by atoms with Gasteiger partial charge in [-0.2, -0.15) is 0 Å². The van der Waals surface area contributed by atoms with E-state index in [1.165, 1.54) is 13.2 Å². The van der Waals surface area contributed by atoms with E-state index in [1.54, 1.807) is 0 Å². The van der Waals surface area contributed by atoms with E-state index in [4.69, 9.17) is 4.74 Å². The van der Waals surface area contributed by atoms with Crippen molar-refractivity contribution in [2.45, 2.75) is 45.4 Å². The molecule has 0 saturated heterocycles. The molecule has 1 atom stereocenters. The lowest BCUT2D eigenvalue weighted by Crippen LogP contribution is -2.15. The molecule has 0 heterocycles. The minimum absolute atomic E-state index is 0.00670. The Hall–Kier alpha value is -1.65. The minimum atomic E-state index is -0.349. The summed E-state index contributed by atoms with van der Waals surface area (Å²) in [5.41, 5.74) is 0. The maximum Gasteiger partial charge on any atom is 0.310 e. The molecule has 0 aromatic heterocycles. The molecule has 1 unspecified atom stereocenters. The second kappa shape index (κ2) is 7.71. The molecule has 1 rings (SSSR count). The van der Waals surface area contributed by atoms with Gasteiger partial charge in [-0.1, -0.05) is 6.92 Å². The van der Waals surface area contributed by atoms with Crippen molar-refractivity contribution in [3.63, 3.8) is 0 Å². The smallest absolute Gasteiger partial charge is 0.310 e. The number of esters is 2. The zero-order chi connectivity index (χ0) is 14.3. The summed E-state index contributed by atoms with van der Waals surface area (Å²) in [5.74, 6) is 0.0642. The van der Waals surface area contributed by atoms with E-state index in [0.717, 1.165) is 0 Å². The third-order valence-electron chi connectivity index (χ3n) is 2.91. The molecule has 0 aliphatic heterocycles. The predicted molar refractivity (Wildman–Crippen MR) is 68.1 cm³/mol. The SMILES string of the molecule is COC(=O)CCCCC(=O)OC1=CC(=O)CC(C)C1. The lowest BCUT2D eigenvalue weighted by molar-refractivity contribution is -0.142. The number of hydrogen-bond donors (Lipinski definition) is 0. The first-order valence-electron chi connectivity index (χ1n) is 6.52. The number of hydrogen-bond acceptors (Lipinski definition) is 5. The molecule has 1 aliphatic carbocycles. The van der Waals surface area contributed by atoms with Crippen LogP contribution in [0.15, 0.2) is 11.8 Å². The fourth-order valence-electron chi connectivity index (χ4n) is 1.97. The average Bonchev–Trinajstić information content (AvgIpc) is 2.33. The second-order valence-corrected chi connectivity index (χ2v) is 4.85. The van der Waals surface area contributed by atoms with Gasteiger partial charge < -0.3 is 9.47 Å². The topological polar surface area (TPSA) is 69.7 Å². The molecule has 0 bridgehead atoms. The summed E-state index contributed by atoms with van der Waals surface area (Å²) < 4.78 is 9.65.